The first-order chi connectivity index (χ1) is 4.74. The molecule has 10 heavy (non-hydrogen) atoms. The summed E-state index contributed by atoms with van der Waals surface area (Å²) in [6.45, 7) is 9.77. The molecule has 0 saturated carbocycles. The predicted octanol–water partition coefficient (Wildman–Crippen LogP) is 2.60. The Morgan fingerprint density at radius 2 is 1.30 bits per heavy atom. The van der Waals surface area contributed by atoms with E-state index in [1.165, 1.54) is 0 Å². The second-order valence-electron chi connectivity index (χ2n) is 3.31. The van der Waals surface area contributed by atoms with E-state index in [0.717, 1.165) is 0 Å². The minimum atomic E-state index is -1.02. The Kier molecular flexibility index (Phi) is 6.32. The van der Waals surface area contributed by atoms with Crippen LogP contribution in [0.5, 0.6) is 0 Å². The van der Waals surface area contributed by atoms with E-state index in [1.54, 1.807) is 21.0 Å². The minimum absolute atomic E-state index is 0.00174. The molecule has 0 aromatic heterocycles. The van der Waals surface area contributed by atoms with Crippen molar-refractivity contribution in [3.8, 4) is 0 Å². The quantitative estimate of drug-likeness (QED) is 0.669. The van der Waals surface area contributed by atoms with E-state index < -0.39 is 11.3 Å². The Balaban J connectivity index is 3.87. The molecule has 0 aliphatic rings. The third-order valence-electron chi connectivity index (χ3n) is 3.03. The van der Waals surface area contributed by atoms with Crippen molar-refractivity contribution >= 4 is 24.8 Å². The molecule has 0 amide bonds. The molecule has 0 N–H and O–H groups in total. The fourth-order valence-corrected chi connectivity index (χ4v) is 32.5. The van der Waals surface area contributed by atoms with Gasteiger partial charge in [0, 0.05) is 0 Å². The summed E-state index contributed by atoms with van der Waals surface area (Å²) >= 11 is -1.02. The molecular formula is C8H22Ge2. The SMILES string of the molecule is C[CH2][GeH2][Ge]([CH2]C)([CH2]C)[CH2]C. The molecular weight excluding hydrogens is 241 g/mol. The van der Waals surface area contributed by atoms with Gasteiger partial charge in [0.15, 0.2) is 0 Å². The van der Waals surface area contributed by atoms with Gasteiger partial charge in [0.05, 0.1) is 0 Å². The van der Waals surface area contributed by atoms with E-state index in [4.69, 9.17) is 0 Å². The standard InChI is InChI=1S/C8H22Ge2/c1-5-9-10(6-2,7-3)8-4/h5-9H2,1-4H3. The van der Waals surface area contributed by atoms with Gasteiger partial charge in [-0.25, -0.2) is 0 Å². The first-order valence-electron chi connectivity index (χ1n) is 4.74. The van der Waals surface area contributed by atoms with Gasteiger partial charge in [-0.05, 0) is 0 Å². The van der Waals surface area contributed by atoms with Crippen LogP contribution in [-0.2, 0) is 0 Å². The van der Waals surface area contributed by atoms with Crippen LogP contribution in [0.4, 0.5) is 0 Å². The van der Waals surface area contributed by atoms with E-state index in [-0.39, 0.29) is 13.5 Å². The molecule has 0 rings (SSSR count). The fourth-order valence-electron chi connectivity index (χ4n) is 1.81. The van der Waals surface area contributed by atoms with Crippen molar-refractivity contribution < 1.29 is 0 Å². The van der Waals surface area contributed by atoms with Crippen molar-refractivity contribution in [2.75, 3.05) is 0 Å². The Morgan fingerprint density at radius 3 is 1.40 bits per heavy atom. The summed E-state index contributed by atoms with van der Waals surface area (Å²) in [4.78, 5) is 0. The van der Waals surface area contributed by atoms with Gasteiger partial charge in [-0.3, -0.25) is 0 Å². The maximum atomic E-state index is 2.45. The average molecular weight is 263 g/mol. The second-order valence-corrected chi connectivity index (χ2v) is 39.0. The zero-order chi connectivity index (χ0) is 8.04. The topological polar surface area (TPSA) is 0 Å². The number of rotatable bonds is 5. The molecule has 62 valence electrons. The van der Waals surface area contributed by atoms with Crippen LogP contribution < -0.4 is 0 Å². The molecule has 0 spiro atoms. The zero-order valence-electron chi connectivity index (χ0n) is 8.04. The number of hydrogen-bond acceptors (Lipinski definition) is 0. The van der Waals surface area contributed by atoms with Crippen LogP contribution in [0.1, 0.15) is 27.7 Å². The van der Waals surface area contributed by atoms with Crippen LogP contribution in [0.25, 0.3) is 0 Å². The van der Waals surface area contributed by atoms with Gasteiger partial charge in [-0.1, -0.05) is 0 Å². The molecule has 0 saturated heterocycles. The van der Waals surface area contributed by atoms with Crippen LogP contribution in [0.2, 0.25) is 21.0 Å². The monoisotopic (exact) mass is 266 g/mol. The van der Waals surface area contributed by atoms with Crippen molar-refractivity contribution in [2.24, 2.45) is 0 Å². The van der Waals surface area contributed by atoms with Gasteiger partial charge < -0.3 is 0 Å². The van der Waals surface area contributed by atoms with Gasteiger partial charge >= 0.3 is 73.5 Å². The third-order valence-corrected chi connectivity index (χ3v) is 49.1. The molecule has 2 heteroatoms. The summed E-state index contributed by atoms with van der Waals surface area (Å²) in [5, 5.41) is 6.49. The number of hydrogen-bond donors (Lipinski definition) is 0. The first kappa shape index (κ1) is 11.1. The van der Waals surface area contributed by atoms with Gasteiger partial charge in [0.2, 0.25) is 0 Å². The van der Waals surface area contributed by atoms with Gasteiger partial charge in [0.1, 0.15) is 0 Å². The predicted molar refractivity (Wildman–Crippen MR) is 56.2 cm³/mol. The molecule has 0 aromatic rings. The van der Waals surface area contributed by atoms with Gasteiger partial charge in [-0.15, -0.1) is 0 Å². The van der Waals surface area contributed by atoms with Crippen molar-refractivity contribution in [1.29, 1.82) is 0 Å². The molecule has 0 nitrogen and oxygen atoms in total. The van der Waals surface area contributed by atoms with E-state index >= 15 is 0 Å². The molecule has 0 aliphatic carbocycles. The van der Waals surface area contributed by atoms with Crippen molar-refractivity contribution in [1.82, 2.24) is 0 Å². The van der Waals surface area contributed by atoms with Crippen LogP contribution >= 0.6 is 0 Å². The van der Waals surface area contributed by atoms with Crippen LogP contribution in [0, 0.1) is 0 Å². The summed E-state index contributed by atoms with van der Waals surface area (Å²) in [5.41, 5.74) is 0. The second kappa shape index (κ2) is 5.70. The molecule has 0 aliphatic heterocycles. The Bertz CT molecular complexity index is 69.1. The summed E-state index contributed by atoms with van der Waals surface area (Å²) in [5.74, 6) is 0. The Hall–Kier alpha value is 1.09. The normalized spacial score (nSPS) is 13.2. The van der Waals surface area contributed by atoms with Crippen LogP contribution in [0.15, 0.2) is 0 Å². The molecule has 0 fully saturated rings. The summed E-state index contributed by atoms with van der Waals surface area (Å²) < 4.78 is 0. The molecule has 0 atom stereocenters. The maximum absolute atomic E-state index is 2.45. The van der Waals surface area contributed by atoms with Crippen molar-refractivity contribution in [3.63, 3.8) is 0 Å². The first-order valence-corrected chi connectivity index (χ1v) is 20.5. The van der Waals surface area contributed by atoms with Crippen LogP contribution in [0.3, 0.4) is 0 Å². The molecule has 0 bridgehead atoms. The van der Waals surface area contributed by atoms with E-state index in [9.17, 15) is 0 Å². The summed E-state index contributed by atoms with van der Waals surface area (Å²) in [6, 6.07) is 0. The van der Waals surface area contributed by atoms with Gasteiger partial charge in [0.25, 0.3) is 0 Å². The molecule has 0 radical (unpaired) electrons. The fraction of sp³-hybridized carbons (Fsp3) is 1.00. The van der Waals surface area contributed by atoms with Gasteiger partial charge in [-0.2, -0.15) is 0 Å². The Labute approximate surface area is 73.4 Å². The third kappa shape index (κ3) is 2.99. The van der Waals surface area contributed by atoms with Crippen molar-refractivity contribution in [2.45, 2.75) is 48.7 Å². The molecule has 0 heterocycles. The van der Waals surface area contributed by atoms with E-state index in [2.05, 4.69) is 27.7 Å². The van der Waals surface area contributed by atoms with E-state index in [1.807, 2.05) is 0 Å². The molecule has 0 aromatic carbocycles. The van der Waals surface area contributed by atoms with Crippen LogP contribution in [-0.4, -0.2) is 24.8 Å². The average Bonchev–Trinajstić information content (AvgIpc) is 2.01. The molecule has 0 unspecified atom stereocenters. The summed E-state index contributed by atoms with van der Waals surface area (Å²) in [6.07, 6.45) is 0. The van der Waals surface area contributed by atoms with Crippen molar-refractivity contribution in [3.05, 3.63) is 0 Å². The zero-order valence-corrected chi connectivity index (χ0v) is 13.1. The Morgan fingerprint density at radius 1 is 0.900 bits per heavy atom. The summed E-state index contributed by atoms with van der Waals surface area (Å²) in [7, 11) is 0. The van der Waals surface area contributed by atoms with E-state index in [0.29, 0.717) is 0 Å².